The Morgan fingerprint density at radius 3 is 2.86 bits per heavy atom. The van der Waals surface area contributed by atoms with Gasteiger partial charge in [-0.3, -0.25) is 0 Å². The normalized spacial score (nSPS) is 10.6. The summed E-state index contributed by atoms with van der Waals surface area (Å²) >= 11 is 1.71. The van der Waals surface area contributed by atoms with Crippen LogP contribution in [0.3, 0.4) is 0 Å². The first kappa shape index (κ1) is 17.9. The molecule has 21 heavy (non-hydrogen) atoms. The lowest BCUT2D eigenvalue weighted by atomic mass is 10.2. The van der Waals surface area contributed by atoms with Gasteiger partial charge >= 0.3 is 0 Å². The predicted molar refractivity (Wildman–Crippen MR) is 91.3 cm³/mol. The van der Waals surface area contributed by atoms with E-state index in [-0.39, 0.29) is 6.61 Å². The molecule has 1 heterocycles. The van der Waals surface area contributed by atoms with Crippen LogP contribution in [0.4, 0.5) is 17.3 Å². The number of ether oxygens (including phenoxy) is 1. The highest BCUT2D eigenvalue weighted by molar-refractivity contribution is 7.99. The van der Waals surface area contributed by atoms with E-state index in [1.165, 1.54) is 0 Å². The van der Waals surface area contributed by atoms with Crippen molar-refractivity contribution in [2.24, 2.45) is 0 Å². The van der Waals surface area contributed by atoms with Crippen LogP contribution in [0.15, 0.2) is 6.07 Å². The molecule has 5 N–H and O–H groups in total. The smallest absolute Gasteiger partial charge is 0.151 e. The summed E-state index contributed by atoms with van der Waals surface area (Å²) in [5.41, 5.74) is 7.74. The van der Waals surface area contributed by atoms with Crippen molar-refractivity contribution in [2.75, 3.05) is 61.3 Å². The van der Waals surface area contributed by atoms with Gasteiger partial charge in [-0.1, -0.05) is 0 Å². The highest BCUT2D eigenvalue weighted by Gasteiger charge is 2.06. The van der Waals surface area contributed by atoms with E-state index in [9.17, 15) is 0 Å². The lowest BCUT2D eigenvalue weighted by Gasteiger charge is -2.13. The summed E-state index contributed by atoms with van der Waals surface area (Å²) in [6.45, 7) is 4.50. The van der Waals surface area contributed by atoms with Gasteiger partial charge in [0, 0.05) is 38.3 Å². The van der Waals surface area contributed by atoms with Crippen molar-refractivity contribution in [2.45, 2.75) is 13.3 Å². The molecule has 0 aromatic carbocycles. The van der Waals surface area contributed by atoms with Gasteiger partial charge in [-0.25, -0.2) is 4.98 Å². The Morgan fingerprint density at radius 2 is 2.14 bits per heavy atom. The van der Waals surface area contributed by atoms with E-state index in [1.54, 1.807) is 18.9 Å². The van der Waals surface area contributed by atoms with Crippen LogP contribution < -0.4 is 16.4 Å². The molecule has 0 amide bonds. The van der Waals surface area contributed by atoms with Crippen molar-refractivity contribution in [3.8, 4) is 0 Å². The van der Waals surface area contributed by atoms with E-state index in [2.05, 4.69) is 15.6 Å². The Balaban J connectivity index is 2.50. The van der Waals surface area contributed by atoms with Gasteiger partial charge in [0.1, 0.15) is 5.82 Å². The maximum absolute atomic E-state index is 8.72. The Labute approximate surface area is 130 Å². The van der Waals surface area contributed by atoms with Crippen molar-refractivity contribution >= 4 is 29.1 Å². The number of aliphatic hydroxyl groups is 1. The average molecular weight is 314 g/mol. The largest absolute Gasteiger partial charge is 0.396 e. The highest BCUT2D eigenvalue weighted by atomic mass is 32.2. The van der Waals surface area contributed by atoms with E-state index < -0.39 is 0 Å². The zero-order valence-electron chi connectivity index (χ0n) is 12.8. The lowest BCUT2D eigenvalue weighted by Crippen LogP contribution is -2.12. The number of hydrogen-bond donors (Lipinski definition) is 4. The number of thioether (sulfide) groups is 1. The van der Waals surface area contributed by atoms with Crippen LogP contribution in [0.1, 0.15) is 12.0 Å². The van der Waals surface area contributed by atoms with Gasteiger partial charge in [-0.15, -0.1) is 0 Å². The molecule has 0 radical (unpaired) electrons. The zero-order valence-corrected chi connectivity index (χ0v) is 13.6. The minimum atomic E-state index is 0.222. The molecular weight excluding hydrogens is 288 g/mol. The number of anilines is 3. The summed E-state index contributed by atoms with van der Waals surface area (Å²) in [6, 6.07) is 1.95. The van der Waals surface area contributed by atoms with Crippen molar-refractivity contribution in [3.05, 3.63) is 11.6 Å². The fourth-order valence-corrected chi connectivity index (χ4v) is 2.33. The fourth-order valence-electron chi connectivity index (χ4n) is 1.75. The van der Waals surface area contributed by atoms with E-state index in [4.69, 9.17) is 15.6 Å². The molecule has 0 aliphatic heterocycles. The Morgan fingerprint density at radius 1 is 1.33 bits per heavy atom. The third-order valence-electron chi connectivity index (χ3n) is 2.87. The van der Waals surface area contributed by atoms with Crippen molar-refractivity contribution in [1.29, 1.82) is 0 Å². The molecule has 0 spiro atoms. The van der Waals surface area contributed by atoms with E-state index in [0.717, 1.165) is 48.2 Å². The predicted octanol–water partition coefficient (Wildman–Crippen LogP) is 1.56. The molecule has 1 aromatic heterocycles. The topological polar surface area (TPSA) is 92.4 Å². The standard InChI is InChI=1S/C14H26N4O2S/c1-11-10-12(16-5-8-21-9-6-19)18-14(13(11)15)17-4-3-7-20-2/h10,19H,3-9,15H2,1-2H3,(H2,16,17,18). The third kappa shape index (κ3) is 6.88. The summed E-state index contributed by atoms with van der Waals surface area (Å²) < 4.78 is 5.02. The number of aryl methyl sites for hydroxylation is 1. The molecule has 0 aliphatic rings. The van der Waals surface area contributed by atoms with Crippen LogP contribution >= 0.6 is 11.8 Å². The van der Waals surface area contributed by atoms with Gasteiger partial charge < -0.3 is 26.2 Å². The van der Waals surface area contributed by atoms with Crippen LogP contribution in [0, 0.1) is 6.92 Å². The molecule has 6 nitrogen and oxygen atoms in total. The average Bonchev–Trinajstić information content (AvgIpc) is 2.48. The van der Waals surface area contributed by atoms with Gasteiger partial charge in [-0.05, 0) is 25.0 Å². The van der Waals surface area contributed by atoms with Crippen molar-refractivity contribution < 1.29 is 9.84 Å². The molecule has 0 aliphatic carbocycles. The number of pyridine rings is 1. The van der Waals surface area contributed by atoms with E-state index >= 15 is 0 Å². The molecule has 1 aromatic rings. The molecule has 0 saturated heterocycles. The molecular formula is C14H26N4O2S. The Hall–Kier alpha value is -1.18. The lowest BCUT2D eigenvalue weighted by molar-refractivity contribution is 0.198. The molecule has 120 valence electrons. The molecule has 0 fully saturated rings. The monoisotopic (exact) mass is 314 g/mol. The maximum Gasteiger partial charge on any atom is 0.151 e. The number of nitrogens with two attached hydrogens (primary N) is 1. The van der Waals surface area contributed by atoms with Gasteiger partial charge in [0.15, 0.2) is 5.82 Å². The second kappa shape index (κ2) is 10.5. The second-order valence-electron chi connectivity index (χ2n) is 4.62. The molecule has 0 bridgehead atoms. The maximum atomic E-state index is 8.72. The quantitative estimate of drug-likeness (QED) is 0.461. The number of rotatable bonds is 11. The summed E-state index contributed by atoms with van der Waals surface area (Å²) in [6.07, 6.45) is 0.909. The SMILES string of the molecule is COCCCNc1nc(NCCSCCO)cc(C)c1N. The number of aromatic nitrogens is 1. The Bertz CT molecular complexity index is 418. The summed E-state index contributed by atoms with van der Waals surface area (Å²) in [7, 11) is 1.69. The number of hydrogen-bond acceptors (Lipinski definition) is 7. The molecule has 0 unspecified atom stereocenters. The van der Waals surface area contributed by atoms with Gasteiger partial charge in [0.2, 0.25) is 0 Å². The minimum absolute atomic E-state index is 0.222. The van der Waals surface area contributed by atoms with Gasteiger partial charge in [0.25, 0.3) is 0 Å². The number of nitrogen functional groups attached to an aromatic ring is 1. The second-order valence-corrected chi connectivity index (χ2v) is 5.85. The van der Waals surface area contributed by atoms with Crippen LogP contribution in [-0.2, 0) is 4.74 Å². The first-order valence-electron chi connectivity index (χ1n) is 7.11. The van der Waals surface area contributed by atoms with E-state index in [1.807, 2.05) is 13.0 Å². The number of methoxy groups -OCH3 is 1. The summed E-state index contributed by atoms with van der Waals surface area (Å²) in [4.78, 5) is 4.50. The minimum Gasteiger partial charge on any atom is -0.396 e. The Kier molecular flexibility index (Phi) is 8.96. The number of aliphatic hydroxyl groups excluding tert-OH is 1. The van der Waals surface area contributed by atoms with Gasteiger partial charge in [0.05, 0.1) is 12.3 Å². The van der Waals surface area contributed by atoms with Crippen molar-refractivity contribution in [3.63, 3.8) is 0 Å². The molecule has 0 atom stereocenters. The van der Waals surface area contributed by atoms with Crippen LogP contribution in [0.5, 0.6) is 0 Å². The first-order chi connectivity index (χ1) is 10.2. The van der Waals surface area contributed by atoms with Crippen LogP contribution in [0.25, 0.3) is 0 Å². The summed E-state index contributed by atoms with van der Waals surface area (Å²) in [5, 5.41) is 15.2. The van der Waals surface area contributed by atoms with Crippen LogP contribution in [0.2, 0.25) is 0 Å². The first-order valence-corrected chi connectivity index (χ1v) is 8.27. The number of nitrogens with one attached hydrogen (secondary N) is 2. The van der Waals surface area contributed by atoms with Crippen molar-refractivity contribution in [1.82, 2.24) is 4.98 Å². The van der Waals surface area contributed by atoms with Gasteiger partial charge in [-0.2, -0.15) is 11.8 Å². The molecule has 7 heteroatoms. The number of nitrogens with zero attached hydrogens (tertiary/aromatic N) is 1. The fraction of sp³-hybridized carbons (Fsp3) is 0.643. The third-order valence-corrected chi connectivity index (χ3v) is 3.84. The van der Waals surface area contributed by atoms with E-state index in [0.29, 0.717) is 12.3 Å². The highest BCUT2D eigenvalue weighted by Crippen LogP contribution is 2.23. The zero-order chi connectivity index (χ0) is 15.5. The summed E-state index contributed by atoms with van der Waals surface area (Å²) in [5.74, 6) is 3.24. The molecule has 0 saturated carbocycles. The molecule has 1 rings (SSSR count). The van der Waals surface area contributed by atoms with Crippen LogP contribution in [-0.4, -0.2) is 55.0 Å².